The molecule has 3 aromatic rings. The number of hydrogen-bond donors (Lipinski definition) is 1. The minimum Gasteiger partial charge on any atom is -0.449 e. The van der Waals surface area contributed by atoms with Crippen LogP contribution in [0.1, 0.15) is 22.5 Å². The minimum absolute atomic E-state index is 0.159. The first-order chi connectivity index (χ1) is 13.6. The van der Waals surface area contributed by atoms with Gasteiger partial charge in [0.25, 0.3) is 5.91 Å². The highest BCUT2D eigenvalue weighted by molar-refractivity contribution is 6.10. The van der Waals surface area contributed by atoms with Crippen LogP contribution in [0.15, 0.2) is 41.1 Å². The van der Waals surface area contributed by atoms with E-state index in [1.807, 2.05) is 31.3 Å². The van der Waals surface area contributed by atoms with E-state index in [0.717, 1.165) is 5.56 Å². The summed E-state index contributed by atoms with van der Waals surface area (Å²) in [6, 6.07) is 7.30. The molecule has 1 N–H and O–H groups in total. The number of benzene rings is 1. The van der Waals surface area contributed by atoms with Crippen molar-refractivity contribution in [3.8, 4) is 0 Å². The lowest BCUT2D eigenvalue weighted by Crippen LogP contribution is -2.40. The second kappa shape index (κ2) is 7.85. The monoisotopic (exact) mass is 382 g/mol. The van der Waals surface area contributed by atoms with Gasteiger partial charge >= 0.3 is 0 Å². The van der Waals surface area contributed by atoms with Gasteiger partial charge in [-0.3, -0.25) is 14.3 Å². The molecule has 1 aromatic carbocycles. The van der Waals surface area contributed by atoms with E-state index in [1.165, 1.54) is 0 Å². The van der Waals surface area contributed by atoms with Crippen molar-refractivity contribution in [1.82, 2.24) is 14.7 Å². The normalized spacial score (nSPS) is 14.4. The van der Waals surface area contributed by atoms with Crippen molar-refractivity contribution in [2.45, 2.75) is 19.9 Å². The zero-order chi connectivity index (χ0) is 19.5. The summed E-state index contributed by atoms with van der Waals surface area (Å²) in [6.07, 6.45) is 3.88. The van der Waals surface area contributed by atoms with Crippen LogP contribution in [0.2, 0.25) is 0 Å². The Morgan fingerprint density at radius 3 is 2.75 bits per heavy atom. The largest absolute Gasteiger partial charge is 0.449 e. The second-order valence-corrected chi connectivity index (χ2v) is 6.79. The molecule has 0 aliphatic carbocycles. The number of carbonyl (C=O) groups excluding carboxylic acids is 2. The number of carbonyl (C=O) groups is 2. The maximum Gasteiger partial charge on any atom is 0.291 e. The van der Waals surface area contributed by atoms with E-state index in [4.69, 9.17) is 9.15 Å². The Bertz CT molecular complexity index is 1000. The summed E-state index contributed by atoms with van der Waals surface area (Å²) in [4.78, 5) is 27.2. The van der Waals surface area contributed by atoms with E-state index in [-0.39, 0.29) is 24.0 Å². The van der Waals surface area contributed by atoms with Crippen molar-refractivity contribution in [1.29, 1.82) is 0 Å². The third-order valence-electron chi connectivity index (χ3n) is 4.68. The van der Waals surface area contributed by atoms with E-state index < -0.39 is 0 Å². The summed E-state index contributed by atoms with van der Waals surface area (Å²) in [5.74, 6) is -0.278. The van der Waals surface area contributed by atoms with Gasteiger partial charge in [-0.25, -0.2) is 0 Å². The molecule has 0 bridgehead atoms. The van der Waals surface area contributed by atoms with Crippen molar-refractivity contribution in [3.63, 3.8) is 0 Å². The second-order valence-electron chi connectivity index (χ2n) is 6.79. The van der Waals surface area contributed by atoms with Crippen molar-refractivity contribution in [2.75, 3.05) is 31.6 Å². The Hall–Kier alpha value is -3.13. The van der Waals surface area contributed by atoms with Crippen LogP contribution in [0.3, 0.4) is 0 Å². The molecule has 28 heavy (non-hydrogen) atoms. The molecule has 1 saturated heterocycles. The molecule has 8 heteroatoms. The fourth-order valence-electron chi connectivity index (χ4n) is 3.24. The summed E-state index contributed by atoms with van der Waals surface area (Å²) in [5, 5.41) is 7.78. The van der Waals surface area contributed by atoms with Gasteiger partial charge in [0.1, 0.15) is 11.3 Å². The van der Waals surface area contributed by atoms with E-state index in [2.05, 4.69) is 10.4 Å². The molecule has 146 valence electrons. The van der Waals surface area contributed by atoms with Gasteiger partial charge in [0.05, 0.1) is 19.4 Å². The topological polar surface area (TPSA) is 89.6 Å². The Labute approximate surface area is 162 Å². The molecule has 2 amide bonds. The summed E-state index contributed by atoms with van der Waals surface area (Å²) in [6.45, 7) is 4.41. The number of hydrogen-bond acceptors (Lipinski definition) is 5. The standard InChI is InChI=1S/C20H22N4O4/c1-14-12-21-24(13-14)7-6-17(25)22-18-15-4-2-3-5-16(15)28-19(18)20(26)23-8-10-27-11-9-23/h2-5,12-13H,6-11H2,1H3,(H,22,25). The van der Waals surface area contributed by atoms with Crippen LogP contribution in [0, 0.1) is 6.92 Å². The number of morpholine rings is 1. The van der Waals surface area contributed by atoms with Gasteiger partial charge < -0.3 is 19.4 Å². The molecule has 0 radical (unpaired) electrons. The average molecular weight is 382 g/mol. The molecule has 4 rings (SSSR count). The molecule has 1 aliphatic heterocycles. The fraction of sp³-hybridized carbons (Fsp3) is 0.350. The zero-order valence-electron chi connectivity index (χ0n) is 15.7. The number of ether oxygens (including phenoxy) is 1. The highest BCUT2D eigenvalue weighted by Crippen LogP contribution is 2.32. The van der Waals surface area contributed by atoms with Crippen LogP contribution in [0.4, 0.5) is 5.69 Å². The number of nitrogens with one attached hydrogen (secondary N) is 1. The SMILES string of the molecule is Cc1cnn(CCC(=O)Nc2c(C(=O)N3CCOCC3)oc3ccccc23)c1. The van der Waals surface area contributed by atoms with E-state index >= 15 is 0 Å². The third-order valence-corrected chi connectivity index (χ3v) is 4.68. The molecule has 8 nitrogen and oxygen atoms in total. The number of rotatable bonds is 5. The lowest BCUT2D eigenvalue weighted by Gasteiger charge is -2.26. The van der Waals surface area contributed by atoms with E-state index in [9.17, 15) is 9.59 Å². The Morgan fingerprint density at radius 2 is 2.00 bits per heavy atom. The van der Waals surface area contributed by atoms with Gasteiger partial charge in [-0.1, -0.05) is 12.1 Å². The lowest BCUT2D eigenvalue weighted by molar-refractivity contribution is -0.116. The lowest BCUT2D eigenvalue weighted by atomic mass is 10.2. The number of anilines is 1. The van der Waals surface area contributed by atoms with Gasteiger partial charge in [-0.05, 0) is 24.6 Å². The molecule has 0 saturated carbocycles. The molecule has 3 heterocycles. The van der Waals surface area contributed by atoms with Crippen LogP contribution in [0.25, 0.3) is 11.0 Å². The van der Waals surface area contributed by atoms with Crippen LogP contribution in [0.5, 0.6) is 0 Å². The molecule has 1 fully saturated rings. The maximum absolute atomic E-state index is 13.0. The quantitative estimate of drug-likeness (QED) is 0.732. The highest BCUT2D eigenvalue weighted by atomic mass is 16.5. The Kier molecular flexibility index (Phi) is 5.12. The van der Waals surface area contributed by atoms with Crippen molar-refractivity contribution in [3.05, 3.63) is 48.0 Å². The van der Waals surface area contributed by atoms with Crippen molar-refractivity contribution >= 4 is 28.5 Å². The number of amides is 2. The van der Waals surface area contributed by atoms with Gasteiger partial charge in [0.2, 0.25) is 11.7 Å². The minimum atomic E-state index is -0.238. The predicted octanol–water partition coefficient (Wildman–Crippen LogP) is 2.44. The number of fused-ring (bicyclic) bond motifs is 1. The maximum atomic E-state index is 13.0. The predicted molar refractivity (Wildman–Crippen MR) is 103 cm³/mol. The van der Waals surface area contributed by atoms with Crippen LogP contribution >= 0.6 is 0 Å². The molecule has 1 aliphatic rings. The van der Waals surface area contributed by atoms with Gasteiger partial charge in [0, 0.05) is 37.6 Å². The molecule has 2 aromatic heterocycles. The fourth-order valence-corrected chi connectivity index (χ4v) is 3.24. The first kappa shape index (κ1) is 18.2. The Balaban J connectivity index is 1.55. The molecule has 0 atom stereocenters. The summed E-state index contributed by atoms with van der Waals surface area (Å²) in [5.41, 5.74) is 2.03. The summed E-state index contributed by atoms with van der Waals surface area (Å²) >= 11 is 0. The molecular weight excluding hydrogens is 360 g/mol. The van der Waals surface area contributed by atoms with Crippen molar-refractivity contribution < 1.29 is 18.7 Å². The third kappa shape index (κ3) is 3.77. The first-order valence-corrected chi connectivity index (χ1v) is 9.29. The summed E-state index contributed by atoms with van der Waals surface area (Å²) < 4.78 is 12.9. The van der Waals surface area contributed by atoms with Crippen LogP contribution in [-0.4, -0.2) is 52.8 Å². The Morgan fingerprint density at radius 1 is 1.21 bits per heavy atom. The van der Waals surface area contributed by atoms with E-state index in [1.54, 1.807) is 21.8 Å². The zero-order valence-corrected chi connectivity index (χ0v) is 15.7. The summed E-state index contributed by atoms with van der Waals surface area (Å²) in [7, 11) is 0. The van der Waals surface area contributed by atoms with Gasteiger partial charge in [-0.15, -0.1) is 0 Å². The molecule has 0 spiro atoms. The number of nitrogens with zero attached hydrogens (tertiary/aromatic N) is 3. The highest BCUT2D eigenvalue weighted by Gasteiger charge is 2.27. The molecular formula is C20H22N4O4. The number of aromatic nitrogens is 2. The number of para-hydroxylation sites is 1. The van der Waals surface area contributed by atoms with E-state index in [0.29, 0.717) is 49.5 Å². The van der Waals surface area contributed by atoms with Crippen molar-refractivity contribution in [2.24, 2.45) is 0 Å². The number of furan rings is 1. The first-order valence-electron chi connectivity index (χ1n) is 9.29. The van der Waals surface area contributed by atoms with Gasteiger partial charge in [-0.2, -0.15) is 5.10 Å². The molecule has 0 unspecified atom stereocenters. The van der Waals surface area contributed by atoms with Crippen LogP contribution < -0.4 is 5.32 Å². The number of aryl methyl sites for hydroxylation is 2. The van der Waals surface area contributed by atoms with Crippen LogP contribution in [-0.2, 0) is 16.1 Å². The smallest absolute Gasteiger partial charge is 0.291 e. The average Bonchev–Trinajstić information content (AvgIpc) is 3.30. The van der Waals surface area contributed by atoms with Gasteiger partial charge in [0.15, 0.2) is 0 Å².